The van der Waals surface area contributed by atoms with E-state index < -0.39 is 0 Å². The van der Waals surface area contributed by atoms with Gasteiger partial charge in [0, 0.05) is 0 Å². The average Bonchev–Trinajstić information content (AvgIpc) is 2.30. The van der Waals surface area contributed by atoms with Crippen molar-refractivity contribution in [2.45, 2.75) is 13.3 Å². The van der Waals surface area contributed by atoms with E-state index in [9.17, 15) is 4.91 Å². The van der Waals surface area contributed by atoms with Gasteiger partial charge in [0.25, 0.3) is 0 Å². The Morgan fingerprint density at radius 1 is 1.80 bits per heavy atom. The molecule has 0 aliphatic rings. The summed E-state index contributed by atoms with van der Waals surface area (Å²) in [5.74, 6) is 0.242. The normalized spacial score (nSPS) is 9.70. The molecule has 1 heterocycles. The van der Waals surface area contributed by atoms with E-state index in [0.717, 1.165) is 0 Å². The fourth-order valence-electron chi connectivity index (χ4n) is 0.737. The van der Waals surface area contributed by atoms with E-state index in [-0.39, 0.29) is 11.5 Å². The van der Waals surface area contributed by atoms with Crippen molar-refractivity contribution in [3.63, 3.8) is 0 Å². The zero-order valence-corrected chi connectivity index (χ0v) is 5.59. The number of hydrogen-bond acceptors (Lipinski definition) is 4. The van der Waals surface area contributed by atoms with Gasteiger partial charge in [-0.15, -0.1) is 4.91 Å². The van der Waals surface area contributed by atoms with Crippen molar-refractivity contribution in [1.82, 2.24) is 10.2 Å². The second kappa shape index (κ2) is 2.47. The summed E-state index contributed by atoms with van der Waals surface area (Å²) in [5, 5.41) is 8.97. The molecule has 0 saturated heterocycles. The van der Waals surface area contributed by atoms with Gasteiger partial charge in [0.1, 0.15) is 5.82 Å². The molecule has 0 amide bonds. The monoisotopic (exact) mass is 140 g/mol. The summed E-state index contributed by atoms with van der Waals surface area (Å²) in [4.78, 5) is 10.1. The Morgan fingerprint density at radius 3 is 2.90 bits per heavy atom. The van der Waals surface area contributed by atoms with Crippen molar-refractivity contribution in [2.75, 3.05) is 5.73 Å². The second-order valence-electron chi connectivity index (χ2n) is 1.88. The van der Waals surface area contributed by atoms with Crippen LogP contribution in [0.3, 0.4) is 0 Å². The number of nitrogen functional groups attached to an aromatic ring is 1. The highest BCUT2D eigenvalue weighted by Gasteiger charge is 2.08. The van der Waals surface area contributed by atoms with Crippen molar-refractivity contribution in [2.24, 2.45) is 5.18 Å². The SMILES string of the molecule is CCc1n[nH]c(N)c1N=O. The number of hydrogen-bond donors (Lipinski definition) is 2. The third-order valence-electron chi connectivity index (χ3n) is 1.27. The molecule has 5 heteroatoms. The molecule has 0 aromatic carbocycles. The number of aryl methyl sites for hydroxylation is 1. The van der Waals surface area contributed by atoms with E-state index in [2.05, 4.69) is 15.4 Å². The number of nitrogens with zero attached hydrogens (tertiary/aromatic N) is 2. The zero-order valence-electron chi connectivity index (χ0n) is 5.59. The van der Waals surface area contributed by atoms with Crippen LogP contribution in [0.5, 0.6) is 0 Å². The molecule has 0 fully saturated rings. The first-order valence-electron chi connectivity index (χ1n) is 2.95. The highest BCUT2D eigenvalue weighted by molar-refractivity contribution is 5.60. The van der Waals surface area contributed by atoms with Crippen LogP contribution in [0.25, 0.3) is 0 Å². The predicted molar refractivity (Wildman–Crippen MR) is 37.8 cm³/mol. The molecule has 0 aliphatic heterocycles. The lowest BCUT2D eigenvalue weighted by molar-refractivity contribution is 0.976. The van der Waals surface area contributed by atoms with E-state index in [4.69, 9.17) is 5.73 Å². The molecule has 5 nitrogen and oxygen atoms in total. The molecule has 0 saturated carbocycles. The Hall–Kier alpha value is -1.39. The highest BCUT2D eigenvalue weighted by Crippen LogP contribution is 2.23. The van der Waals surface area contributed by atoms with E-state index in [0.29, 0.717) is 12.1 Å². The van der Waals surface area contributed by atoms with Crippen LogP contribution in [0, 0.1) is 4.91 Å². The Labute approximate surface area is 57.6 Å². The maximum absolute atomic E-state index is 10.1. The minimum atomic E-state index is 0.238. The van der Waals surface area contributed by atoms with Crippen LogP contribution in [0.2, 0.25) is 0 Å². The van der Waals surface area contributed by atoms with Gasteiger partial charge >= 0.3 is 0 Å². The Bertz CT molecular complexity index is 242. The minimum Gasteiger partial charge on any atom is -0.382 e. The molecule has 1 rings (SSSR count). The highest BCUT2D eigenvalue weighted by atomic mass is 16.3. The van der Waals surface area contributed by atoms with Crippen LogP contribution in [-0.4, -0.2) is 10.2 Å². The van der Waals surface area contributed by atoms with Crippen LogP contribution >= 0.6 is 0 Å². The van der Waals surface area contributed by atoms with Crippen LogP contribution in [0.4, 0.5) is 11.5 Å². The van der Waals surface area contributed by atoms with Crippen LogP contribution in [0.1, 0.15) is 12.6 Å². The maximum atomic E-state index is 10.1. The van der Waals surface area contributed by atoms with Crippen molar-refractivity contribution >= 4 is 11.5 Å². The van der Waals surface area contributed by atoms with E-state index in [1.54, 1.807) is 0 Å². The largest absolute Gasteiger partial charge is 0.382 e. The number of aromatic amines is 1. The number of H-pyrrole nitrogens is 1. The van der Waals surface area contributed by atoms with Gasteiger partial charge in [-0.1, -0.05) is 6.92 Å². The summed E-state index contributed by atoms with van der Waals surface area (Å²) in [6.07, 6.45) is 0.661. The lowest BCUT2D eigenvalue weighted by Gasteiger charge is -1.85. The molecule has 0 spiro atoms. The summed E-state index contributed by atoms with van der Waals surface area (Å²) in [5.41, 5.74) is 6.17. The summed E-state index contributed by atoms with van der Waals surface area (Å²) < 4.78 is 0. The number of nitrogens with two attached hydrogens (primary N) is 1. The first-order valence-corrected chi connectivity index (χ1v) is 2.95. The first kappa shape index (κ1) is 6.73. The zero-order chi connectivity index (χ0) is 7.56. The van der Waals surface area contributed by atoms with Gasteiger partial charge in [0.15, 0.2) is 5.69 Å². The van der Waals surface area contributed by atoms with Gasteiger partial charge in [-0.3, -0.25) is 5.10 Å². The first-order chi connectivity index (χ1) is 4.79. The summed E-state index contributed by atoms with van der Waals surface area (Å²) in [6, 6.07) is 0. The van der Waals surface area contributed by atoms with E-state index in [1.165, 1.54) is 0 Å². The quantitative estimate of drug-likeness (QED) is 0.600. The van der Waals surface area contributed by atoms with Crippen molar-refractivity contribution in [3.8, 4) is 0 Å². The number of aromatic nitrogens is 2. The third kappa shape index (κ3) is 0.854. The van der Waals surface area contributed by atoms with Crippen LogP contribution < -0.4 is 5.73 Å². The molecular formula is C5H8N4O. The molecule has 0 unspecified atom stereocenters. The van der Waals surface area contributed by atoms with Gasteiger partial charge in [-0.2, -0.15) is 5.10 Å². The molecule has 0 bridgehead atoms. The molecule has 3 N–H and O–H groups in total. The molecule has 0 aliphatic carbocycles. The molecular weight excluding hydrogens is 132 g/mol. The lowest BCUT2D eigenvalue weighted by atomic mass is 10.3. The van der Waals surface area contributed by atoms with E-state index >= 15 is 0 Å². The lowest BCUT2D eigenvalue weighted by Crippen LogP contribution is -1.82. The maximum Gasteiger partial charge on any atom is 0.172 e. The number of rotatable bonds is 2. The van der Waals surface area contributed by atoms with Crippen molar-refractivity contribution < 1.29 is 0 Å². The Kier molecular flexibility index (Phi) is 1.66. The molecule has 10 heavy (non-hydrogen) atoms. The summed E-state index contributed by atoms with van der Waals surface area (Å²) in [7, 11) is 0. The topological polar surface area (TPSA) is 84.1 Å². The average molecular weight is 140 g/mol. The summed E-state index contributed by atoms with van der Waals surface area (Å²) >= 11 is 0. The molecule has 0 atom stereocenters. The van der Waals surface area contributed by atoms with Gasteiger partial charge in [-0.25, -0.2) is 0 Å². The van der Waals surface area contributed by atoms with Gasteiger partial charge in [0.2, 0.25) is 0 Å². The smallest absolute Gasteiger partial charge is 0.172 e. The summed E-state index contributed by atoms with van der Waals surface area (Å²) in [6.45, 7) is 1.88. The standard InChI is InChI=1S/C5H8N4O/c1-2-3-4(9-10)5(6)8-7-3/h2H2,1H3,(H3,6,7,8). The minimum absolute atomic E-state index is 0.238. The molecule has 1 aromatic rings. The Morgan fingerprint density at radius 2 is 2.50 bits per heavy atom. The molecule has 54 valence electrons. The van der Waals surface area contributed by atoms with Gasteiger partial charge < -0.3 is 5.73 Å². The van der Waals surface area contributed by atoms with E-state index in [1.807, 2.05) is 6.92 Å². The predicted octanol–water partition coefficient (Wildman–Crippen LogP) is 0.952. The van der Waals surface area contributed by atoms with Crippen LogP contribution in [0.15, 0.2) is 5.18 Å². The number of anilines is 1. The van der Waals surface area contributed by atoms with Crippen molar-refractivity contribution in [3.05, 3.63) is 10.6 Å². The fraction of sp³-hybridized carbons (Fsp3) is 0.400. The fourth-order valence-corrected chi connectivity index (χ4v) is 0.737. The van der Waals surface area contributed by atoms with Crippen LogP contribution in [-0.2, 0) is 6.42 Å². The molecule has 1 aromatic heterocycles. The molecule has 0 radical (unpaired) electrons. The second-order valence-corrected chi connectivity index (χ2v) is 1.88. The third-order valence-corrected chi connectivity index (χ3v) is 1.27. The number of nitroso groups, excluding NO2 is 1. The van der Waals surface area contributed by atoms with Crippen molar-refractivity contribution in [1.29, 1.82) is 0 Å². The number of nitrogens with one attached hydrogen (secondary N) is 1. The van der Waals surface area contributed by atoms with Gasteiger partial charge in [-0.05, 0) is 11.6 Å². The Balaban J connectivity index is 3.12. The van der Waals surface area contributed by atoms with Gasteiger partial charge in [0.05, 0.1) is 5.69 Å².